The third kappa shape index (κ3) is 6.55. The lowest BCUT2D eigenvalue weighted by atomic mass is 9.87. The molecule has 1 aliphatic heterocycles. The van der Waals surface area contributed by atoms with Crippen LogP contribution in [0.1, 0.15) is 26.3 Å². The van der Waals surface area contributed by atoms with E-state index in [4.69, 9.17) is 9.47 Å². The van der Waals surface area contributed by atoms with E-state index in [0.717, 1.165) is 16.1 Å². The topological polar surface area (TPSA) is 122 Å². The molecule has 0 saturated carbocycles. The molecule has 0 aromatic heterocycles. The molecular weight excluding hydrogens is 506 g/mol. The molecule has 10 nitrogen and oxygen atoms in total. The van der Waals surface area contributed by atoms with Gasteiger partial charge in [0.1, 0.15) is 12.3 Å². The number of sulfonamides is 2. The van der Waals surface area contributed by atoms with E-state index >= 15 is 0 Å². The van der Waals surface area contributed by atoms with Crippen molar-refractivity contribution in [1.82, 2.24) is 4.31 Å². The molecule has 0 spiro atoms. The molecule has 0 radical (unpaired) electrons. The molecule has 198 valence electrons. The zero-order valence-corrected chi connectivity index (χ0v) is 22.8. The Morgan fingerprint density at radius 1 is 1.06 bits per heavy atom. The second-order valence-electron chi connectivity index (χ2n) is 9.49. The van der Waals surface area contributed by atoms with Crippen molar-refractivity contribution in [2.24, 2.45) is 0 Å². The van der Waals surface area contributed by atoms with Gasteiger partial charge in [0.15, 0.2) is 0 Å². The molecule has 2 aromatic rings. The highest BCUT2D eigenvalue weighted by atomic mass is 32.2. The van der Waals surface area contributed by atoms with Crippen molar-refractivity contribution in [2.75, 3.05) is 55.8 Å². The number of nitrogens with zero attached hydrogens (tertiary/aromatic N) is 2. The summed E-state index contributed by atoms with van der Waals surface area (Å²) >= 11 is 0. The maximum atomic E-state index is 13.0. The van der Waals surface area contributed by atoms with Crippen LogP contribution < -0.4 is 14.4 Å². The number of amides is 1. The van der Waals surface area contributed by atoms with Crippen molar-refractivity contribution in [3.63, 3.8) is 0 Å². The highest BCUT2D eigenvalue weighted by Gasteiger charge is 2.28. The Balaban J connectivity index is 1.85. The van der Waals surface area contributed by atoms with Crippen LogP contribution in [0.3, 0.4) is 0 Å². The van der Waals surface area contributed by atoms with Crippen molar-refractivity contribution >= 4 is 37.3 Å². The monoisotopic (exact) mass is 539 g/mol. The predicted molar refractivity (Wildman–Crippen MR) is 139 cm³/mol. The predicted octanol–water partition coefficient (Wildman–Crippen LogP) is 2.42. The maximum Gasteiger partial charge on any atom is 0.245 e. The van der Waals surface area contributed by atoms with Crippen LogP contribution in [0.15, 0.2) is 47.4 Å². The minimum absolute atomic E-state index is 0.0155. The lowest BCUT2D eigenvalue weighted by molar-refractivity contribution is -0.114. The standard InChI is InChI=1S/C24H33N3O7S2/c1-24(2,3)18-6-8-19(9-7-18)27(35(5,29)30)17-23(28)25-21-16-20(10-11-22(21)33-4)36(31,32)26-12-14-34-15-13-26/h6-11,16H,12-15,17H2,1-5H3,(H,25,28). The average Bonchev–Trinajstić information content (AvgIpc) is 2.82. The van der Waals surface area contributed by atoms with Crippen LogP contribution in [0.4, 0.5) is 11.4 Å². The van der Waals surface area contributed by atoms with Crippen LogP contribution in [0.5, 0.6) is 5.75 Å². The molecule has 1 amide bonds. The van der Waals surface area contributed by atoms with Crippen molar-refractivity contribution in [3.05, 3.63) is 48.0 Å². The molecule has 1 N–H and O–H groups in total. The van der Waals surface area contributed by atoms with Gasteiger partial charge in [-0.05, 0) is 41.3 Å². The largest absolute Gasteiger partial charge is 0.495 e. The van der Waals surface area contributed by atoms with Crippen molar-refractivity contribution in [3.8, 4) is 5.75 Å². The first kappa shape index (κ1) is 27.9. The number of anilines is 2. The van der Waals surface area contributed by atoms with Crippen LogP contribution in [0, 0.1) is 0 Å². The summed E-state index contributed by atoms with van der Waals surface area (Å²) < 4.78 is 63.9. The summed E-state index contributed by atoms with van der Waals surface area (Å²) in [4.78, 5) is 12.9. The first-order chi connectivity index (χ1) is 16.7. The molecule has 0 unspecified atom stereocenters. The summed E-state index contributed by atoms with van der Waals surface area (Å²) in [6.07, 6.45) is 1.02. The van der Waals surface area contributed by atoms with E-state index in [1.54, 1.807) is 12.1 Å². The van der Waals surface area contributed by atoms with Gasteiger partial charge >= 0.3 is 0 Å². The average molecular weight is 540 g/mol. The highest BCUT2D eigenvalue weighted by molar-refractivity contribution is 7.92. The Hall–Kier alpha value is -2.67. The van der Waals surface area contributed by atoms with E-state index in [1.165, 1.54) is 29.6 Å². The Morgan fingerprint density at radius 3 is 2.19 bits per heavy atom. The number of morpholine rings is 1. The highest BCUT2D eigenvalue weighted by Crippen LogP contribution is 2.30. The molecular formula is C24H33N3O7S2. The van der Waals surface area contributed by atoms with Crippen molar-refractivity contribution in [2.45, 2.75) is 31.1 Å². The molecule has 2 aromatic carbocycles. The fourth-order valence-corrected chi connectivity index (χ4v) is 6.02. The Bertz CT molecular complexity index is 1300. The van der Waals surface area contributed by atoms with Crippen LogP contribution in [0.2, 0.25) is 0 Å². The van der Waals surface area contributed by atoms with Crippen molar-refractivity contribution in [1.29, 1.82) is 0 Å². The van der Waals surface area contributed by atoms with Gasteiger partial charge in [0.25, 0.3) is 0 Å². The lowest BCUT2D eigenvalue weighted by Gasteiger charge is -2.26. The van der Waals surface area contributed by atoms with Gasteiger partial charge in [0.2, 0.25) is 26.0 Å². The molecule has 1 saturated heterocycles. The number of carbonyl (C=O) groups excluding carboxylic acids is 1. The Labute approximate surface area is 213 Å². The Kier molecular flexibility index (Phi) is 8.33. The number of benzene rings is 2. The molecule has 0 aliphatic carbocycles. The van der Waals surface area contributed by atoms with Gasteiger partial charge in [-0.2, -0.15) is 4.31 Å². The molecule has 36 heavy (non-hydrogen) atoms. The zero-order chi connectivity index (χ0) is 26.7. The number of ether oxygens (including phenoxy) is 2. The summed E-state index contributed by atoms with van der Waals surface area (Å²) in [6, 6.07) is 11.1. The zero-order valence-electron chi connectivity index (χ0n) is 21.1. The summed E-state index contributed by atoms with van der Waals surface area (Å²) in [6.45, 7) is 6.70. The van der Waals surface area contributed by atoms with E-state index in [2.05, 4.69) is 5.32 Å². The second-order valence-corrected chi connectivity index (χ2v) is 13.3. The molecule has 1 heterocycles. The number of hydrogen-bond acceptors (Lipinski definition) is 7. The van der Waals surface area contributed by atoms with Gasteiger partial charge < -0.3 is 14.8 Å². The van der Waals surface area contributed by atoms with Crippen LogP contribution in [0.25, 0.3) is 0 Å². The van der Waals surface area contributed by atoms with Gasteiger partial charge in [-0.15, -0.1) is 0 Å². The first-order valence-corrected chi connectivity index (χ1v) is 14.7. The molecule has 12 heteroatoms. The lowest BCUT2D eigenvalue weighted by Crippen LogP contribution is -2.40. The smallest absolute Gasteiger partial charge is 0.245 e. The molecule has 0 bridgehead atoms. The van der Waals surface area contributed by atoms with E-state index < -0.39 is 32.5 Å². The van der Waals surface area contributed by atoms with E-state index in [1.807, 2.05) is 32.9 Å². The molecule has 3 rings (SSSR count). The SMILES string of the molecule is COc1ccc(S(=O)(=O)N2CCOCC2)cc1NC(=O)CN(c1ccc(C(C)(C)C)cc1)S(C)(=O)=O. The third-order valence-electron chi connectivity index (χ3n) is 5.76. The third-order valence-corrected chi connectivity index (χ3v) is 8.80. The fourth-order valence-electron chi connectivity index (χ4n) is 3.73. The molecule has 1 fully saturated rings. The van der Waals surface area contributed by atoms with Gasteiger partial charge in [-0.3, -0.25) is 9.10 Å². The number of carbonyl (C=O) groups is 1. The van der Waals surface area contributed by atoms with Gasteiger partial charge in [-0.1, -0.05) is 32.9 Å². The summed E-state index contributed by atoms with van der Waals surface area (Å²) in [7, 11) is -6.21. The van der Waals surface area contributed by atoms with Gasteiger partial charge in [0, 0.05) is 13.1 Å². The van der Waals surface area contributed by atoms with Crippen LogP contribution >= 0.6 is 0 Å². The first-order valence-electron chi connectivity index (χ1n) is 11.4. The van der Waals surface area contributed by atoms with Crippen LogP contribution in [-0.2, 0) is 35.0 Å². The number of rotatable bonds is 8. The fraction of sp³-hybridized carbons (Fsp3) is 0.458. The van der Waals surface area contributed by atoms with E-state index in [-0.39, 0.29) is 34.8 Å². The number of hydrogen-bond donors (Lipinski definition) is 1. The van der Waals surface area contributed by atoms with Gasteiger partial charge in [-0.25, -0.2) is 16.8 Å². The van der Waals surface area contributed by atoms with Gasteiger partial charge in [0.05, 0.1) is 42.8 Å². The van der Waals surface area contributed by atoms with Crippen LogP contribution in [-0.4, -0.2) is 73.3 Å². The number of nitrogens with one attached hydrogen (secondary N) is 1. The van der Waals surface area contributed by atoms with Crippen molar-refractivity contribution < 1.29 is 31.1 Å². The summed E-state index contributed by atoms with van der Waals surface area (Å²) in [5.74, 6) is -0.413. The number of methoxy groups -OCH3 is 1. The summed E-state index contributed by atoms with van der Waals surface area (Å²) in [5, 5.41) is 2.61. The van der Waals surface area contributed by atoms with E-state index in [0.29, 0.717) is 18.9 Å². The minimum Gasteiger partial charge on any atom is -0.495 e. The second kappa shape index (κ2) is 10.8. The quantitative estimate of drug-likeness (QED) is 0.547. The molecule has 0 atom stereocenters. The summed E-state index contributed by atoms with van der Waals surface area (Å²) in [5.41, 5.74) is 1.37. The normalized spacial score (nSPS) is 15.4. The molecule has 1 aliphatic rings. The maximum absolute atomic E-state index is 13.0. The Morgan fingerprint density at radius 2 is 1.67 bits per heavy atom. The minimum atomic E-state index is -3.81. The van der Waals surface area contributed by atoms with E-state index in [9.17, 15) is 21.6 Å².